The molecule has 0 saturated carbocycles. The SMILES string of the molecule is C=CCN1C(=O)C2(c3ccccc31)c1c(oc3ccc(F)cc3c1=O)C(=O)N2CCc1ccc(OC)c(OC)c1. The molecule has 9 heteroatoms. The summed E-state index contributed by atoms with van der Waals surface area (Å²) in [5.41, 5.74) is -0.591. The Hall–Kier alpha value is -4.92. The molecule has 2 amide bonds. The lowest BCUT2D eigenvalue weighted by atomic mass is 9.83. The van der Waals surface area contributed by atoms with Gasteiger partial charge in [-0.2, -0.15) is 0 Å². The summed E-state index contributed by atoms with van der Waals surface area (Å²) in [5.74, 6) is -0.843. The molecular formula is C31H25FN2O6. The molecule has 0 radical (unpaired) electrons. The lowest BCUT2D eigenvalue weighted by molar-refractivity contribution is -0.125. The number of methoxy groups -OCH3 is 2. The molecule has 1 aromatic heterocycles. The standard InChI is InChI=1S/C31H25FN2O6/c1-4-14-33-22-8-6-5-7-21(22)31(30(33)37)26-27(35)20-17-19(32)10-12-23(20)40-28(26)29(36)34(31)15-13-18-9-11-24(38-2)25(16-18)39-3/h4-12,16-17H,1,13-15H2,2-3H3. The highest BCUT2D eigenvalue weighted by Crippen LogP contribution is 2.52. The average Bonchev–Trinajstić information content (AvgIpc) is 3.36. The maximum Gasteiger partial charge on any atom is 0.291 e. The molecule has 1 spiro atoms. The van der Waals surface area contributed by atoms with Crippen LogP contribution in [0.4, 0.5) is 10.1 Å². The Morgan fingerprint density at radius 3 is 2.52 bits per heavy atom. The monoisotopic (exact) mass is 540 g/mol. The van der Waals surface area contributed by atoms with E-state index in [1.165, 1.54) is 23.0 Å². The van der Waals surface area contributed by atoms with Crippen LogP contribution >= 0.6 is 0 Å². The normalized spacial score (nSPS) is 17.5. The van der Waals surface area contributed by atoms with E-state index in [0.29, 0.717) is 29.2 Å². The summed E-state index contributed by atoms with van der Waals surface area (Å²) in [6.45, 7) is 4.02. The third-order valence-electron chi connectivity index (χ3n) is 7.58. The predicted molar refractivity (Wildman–Crippen MR) is 147 cm³/mol. The van der Waals surface area contributed by atoms with Gasteiger partial charge in [0.05, 0.1) is 30.9 Å². The third-order valence-corrected chi connectivity index (χ3v) is 7.58. The summed E-state index contributed by atoms with van der Waals surface area (Å²) >= 11 is 0. The first kappa shape index (κ1) is 25.4. The van der Waals surface area contributed by atoms with Crippen LogP contribution in [0, 0.1) is 5.82 Å². The van der Waals surface area contributed by atoms with Crippen LogP contribution in [0.25, 0.3) is 11.0 Å². The molecular weight excluding hydrogens is 515 g/mol. The Labute approximate surface area is 228 Å². The number of rotatable bonds is 7. The summed E-state index contributed by atoms with van der Waals surface area (Å²) in [6, 6.07) is 16.0. The Balaban J connectivity index is 1.58. The molecule has 0 saturated heterocycles. The maximum absolute atomic E-state index is 14.4. The molecule has 3 heterocycles. The van der Waals surface area contributed by atoms with E-state index in [0.717, 1.165) is 17.7 Å². The van der Waals surface area contributed by atoms with Gasteiger partial charge in [0, 0.05) is 18.7 Å². The summed E-state index contributed by atoms with van der Waals surface area (Å²) < 4.78 is 30.9. The van der Waals surface area contributed by atoms with Crippen molar-refractivity contribution in [3.8, 4) is 11.5 Å². The van der Waals surface area contributed by atoms with Gasteiger partial charge in [-0.3, -0.25) is 14.4 Å². The van der Waals surface area contributed by atoms with Crippen molar-refractivity contribution < 1.29 is 27.9 Å². The first-order valence-corrected chi connectivity index (χ1v) is 12.7. The van der Waals surface area contributed by atoms with Gasteiger partial charge in [0.2, 0.25) is 5.76 Å². The van der Waals surface area contributed by atoms with Crippen LogP contribution in [-0.4, -0.2) is 44.0 Å². The topological polar surface area (TPSA) is 89.3 Å². The predicted octanol–water partition coefficient (Wildman–Crippen LogP) is 4.42. The van der Waals surface area contributed by atoms with Crippen LogP contribution in [0.5, 0.6) is 11.5 Å². The Morgan fingerprint density at radius 2 is 1.77 bits per heavy atom. The molecule has 40 heavy (non-hydrogen) atoms. The zero-order valence-electron chi connectivity index (χ0n) is 21.9. The average molecular weight is 541 g/mol. The van der Waals surface area contributed by atoms with Crippen LogP contribution < -0.4 is 19.8 Å². The molecule has 3 aromatic carbocycles. The van der Waals surface area contributed by atoms with Crippen LogP contribution in [0.15, 0.2) is 82.5 Å². The first-order valence-electron chi connectivity index (χ1n) is 12.7. The van der Waals surface area contributed by atoms with Gasteiger partial charge in [-0.1, -0.05) is 30.3 Å². The zero-order valence-corrected chi connectivity index (χ0v) is 21.9. The van der Waals surface area contributed by atoms with Gasteiger partial charge in [0.15, 0.2) is 22.5 Å². The quantitative estimate of drug-likeness (QED) is 0.323. The fourth-order valence-corrected chi connectivity index (χ4v) is 5.85. The number of hydrogen-bond donors (Lipinski definition) is 0. The van der Waals surface area contributed by atoms with E-state index in [1.807, 2.05) is 6.07 Å². The summed E-state index contributed by atoms with van der Waals surface area (Å²) in [4.78, 5) is 45.5. The Kier molecular flexibility index (Phi) is 5.94. The minimum Gasteiger partial charge on any atom is -0.493 e. The molecule has 1 atom stereocenters. The lowest BCUT2D eigenvalue weighted by Crippen LogP contribution is -2.54. The number of nitrogens with zero attached hydrogens (tertiary/aromatic N) is 2. The number of carbonyl (C=O) groups is 2. The number of ether oxygens (including phenoxy) is 2. The van der Waals surface area contributed by atoms with Crippen LogP contribution in [0.1, 0.15) is 27.2 Å². The van der Waals surface area contributed by atoms with Crippen molar-refractivity contribution in [2.75, 3.05) is 32.2 Å². The van der Waals surface area contributed by atoms with Gasteiger partial charge in [-0.05, 0) is 48.4 Å². The molecule has 0 bridgehead atoms. The van der Waals surface area contributed by atoms with Crippen LogP contribution in [0.3, 0.4) is 0 Å². The van der Waals surface area contributed by atoms with Gasteiger partial charge in [0.25, 0.3) is 11.8 Å². The third kappa shape index (κ3) is 3.40. The number of anilines is 1. The minimum atomic E-state index is -1.79. The highest BCUT2D eigenvalue weighted by molar-refractivity contribution is 6.17. The van der Waals surface area contributed by atoms with E-state index in [1.54, 1.807) is 49.6 Å². The lowest BCUT2D eigenvalue weighted by Gasteiger charge is -2.34. The second-order valence-corrected chi connectivity index (χ2v) is 9.60. The number of benzene rings is 3. The Morgan fingerprint density at radius 1 is 1.00 bits per heavy atom. The smallest absolute Gasteiger partial charge is 0.291 e. The number of hydrogen-bond acceptors (Lipinski definition) is 6. The molecule has 4 aromatic rings. The first-order chi connectivity index (χ1) is 19.4. The fraction of sp³-hybridized carbons (Fsp3) is 0.194. The largest absolute Gasteiger partial charge is 0.493 e. The van der Waals surface area contributed by atoms with Gasteiger partial charge < -0.3 is 23.7 Å². The van der Waals surface area contributed by atoms with Gasteiger partial charge in [-0.15, -0.1) is 6.58 Å². The Bertz CT molecular complexity index is 1780. The highest BCUT2D eigenvalue weighted by Gasteiger charge is 2.64. The van der Waals surface area contributed by atoms with E-state index >= 15 is 0 Å². The maximum atomic E-state index is 14.4. The molecule has 8 nitrogen and oxygen atoms in total. The molecule has 0 N–H and O–H groups in total. The second kappa shape index (κ2) is 9.37. The molecule has 0 fully saturated rings. The van der Waals surface area contributed by atoms with Crippen LogP contribution in [-0.2, 0) is 16.8 Å². The van der Waals surface area contributed by atoms with Crippen molar-refractivity contribution in [3.63, 3.8) is 0 Å². The number of amides is 2. The van der Waals surface area contributed by atoms with Crippen molar-refractivity contribution >= 4 is 28.5 Å². The molecule has 6 rings (SSSR count). The molecule has 2 aliphatic heterocycles. The van der Waals surface area contributed by atoms with Crippen molar-refractivity contribution in [1.29, 1.82) is 0 Å². The van der Waals surface area contributed by atoms with Crippen molar-refractivity contribution in [3.05, 3.63) is 112 Å². The van der Waals surface area contributed by atoms with Crippen LogP contribution in [0.2, 0.25) is 0 Å². The summed E-state index contributed by atoms with van der Waals surface area (Å²) in [5, 5.41) is -0.0416. The van der Waals surface area contributed by atoms with Crippen molar-refractivity contribution in [2.24, 2.45) is 0 Å². The summed E-state index contributed by atoms with van der Waals surface area (Å²) in [6.07, 6.45) is 1.92. The van der Waals surface area contributed by atoms with E-state index in [9.17, 15) is 18.8 Å². The van der Waals surface area contributed by atoms with E-state index in [-0.39, 0.29) is 35.4 Å². The van der Waals surface area contributed by atoms with Crippen molar-refractivity contribution in [1.82, 2.24) is 4.90 Å². The minimum absolute atomic E-state index is 0.0416. The van der Waals surface area contributed by atoms with Gasteiger partial charge in [0.1, 0.15) is 11.4 Å². The summed E-state index contributed by atoms with van der Waals surface area (Å²) in [7, 11) is 3.07. The molecule has 0 aliphatic carbocycles. The van der Waals surface area contributed by atoms with E-state index in [2.05, 4.69) is 6.58 Å². The van der Waals surface area contributed by atoms with Crippen molar-refractivity contribution in [2.45, 2.75) is 12.0 Å². The molecule has 2 aliphatic rings. The second-order valence-electron chi connectivity index (χ2n) is 9.60. The van der Waals surface area contributed by atoms with E-state index in [4.69, 9.17) is 13.9 Å². The molecule has 1 unspecified atom stereocenters. The number of para-hydroxylation sites is 1. The van der Waals surface area contributed by atoms with Gasteiger partial charge in [-0.25, -0.2) is 4.39 Å². The highest BCUT2D eigenvalue weighted by atomic mass is 19.1. The fourth-order valence-electron chi connectivity index (χ4n) is 5.85. The number of fused-ring (bicyclic) bond motifs is 5. The van der Waals surface area contributed by atoms with E-state index < -0.39 is 28.6 Å². The zero-order chi connectivity index (χ0) is 28.2. The molecule has 202 valence electrons. The number of carbonyl (C=O) groups excluding carboxylic acids is 2. The van der Waals surface area contributed by atoms with Gasteiger partial charge >= 0.3 is 0 Å². The number of halogens is 1.